The molecule has 100 valence electrons. The summed E-state index contributed by atoms with van der Waals surface area (Å²) in [4.78, 5) is 0. The standard InChI is InChI=1S/C13H20N2O2S/c1-11-5-7-13(8-6-11)15(2)18(16,17)10-12-4-3-9-14-12/h5-8,12,14H,3-4,9-10H2,1-2H3. The molecule has 5 heteroatoms. The maximum Gasteiger partial charge on any atom is 0.236 e. The molecule has 4 nitrogen and oxygen atoms in total. The van der Waals surface area contributed by atoms with Gasteiger partial charge >= 0.3 is 0 Å². The van der Waals surface area contributed by atoms with Gasteiger partial charge in [0, 0.05) is 13.1 Å². The van der Waals surface area contributed by atoms with Crippen LogP contribution in [0.3, 0.4) is 0 Å². The zero-order chi connectivity index (χ0) is 13.2. The Labute approximate surface area is 109 Å². The van der Waals surface area contributed by atoms with E-state index in [0.29, 0.717) is 0 Å². The molecule has 0 aromatic heterocycles. The van der Waals surface area contributed by atoms with Crippen molar-refractivity contribution in [3.63, 3.8) is 0 Å². The number of benzene rings is 1. The largest absolute Gasteiger partial charge is 0.313 e. The number of rotatable bonds is 4. The van der Waals surface area contributed by atoms with Crippen LogP contribution in [-0.4, -0.2) is 33.8 Å². The van der Waals surface area contributed by atoms with Gasteiger partial charge in [-0.15, -0.1) is 0 Å². The highest BCUT2D eigenvalue weighted by atomic mass is 32.2. The third kappa shape index (κ3) is 3.03. The van der Waals surface area contributed by atoms with Gasteiger partial charge in [-0.1, -0.05) is 17.7 Å². The summed E-state index contributed by atoms with van der Waals surface area (Å²) >= 11 is 0. The minimum atomic E-state index is -3.24. The topological polar surface area (TPSA) is 49.4 Å². The number of anilines is 1. The molecule has 1 saturated heterocycles. The zero-order valence-electron chi connectivity index (χ0n) is 10.9. The molecule has 0 radical (unpaired) electrons. The maximum atomic E-state index is 12.3. The minimum absolute atomic E-state index is 0.0999. The van der Waals surface area contributed by atoms with Crippen molar-refractivity contribution in [1.82, 2.24) is 5.32 Å². The van der Waals surface area contributed by atoms with Crippen LogP contribution in [-0.2, 0) is 10.0 Å². The van der Waals surface area contributed by atoms with Crippen LogP contribution >= 0.6 is 0 Å². The molecule has 0 amide bonds. The molecule has 0 bridgehead atoms. The van der Waals surface area contributed by atoms with Crippen LogP contribution in [0.5, 0.6) is 0 Å². The quantitative estimate of drug-likeness (QED) is 0.900. The number of sulfonamides is 1. The van der Waals surface area contributed by atoms with Gasteiger partial charge in [-0.05, 0) is 38.4 Å². The molecular weight excluding hydrogens is 248 g/mol. The van der Waals surface area contributed by atoms with Gasteiger partial charge in [0.1, 0.15) is 0 Å². The van der Waals surface area contributed by atoms with Crippen molar-refractivity contribution in [3.8, 4) is 0 Å². The Balaban J connectivity index is 2.11. The van der Waals surface area contributed by atoms with Gasteiger partial charge in [0.15, 0.2) is 0 Å². The third-order valence-electron chi connectivity index (χ3n) is 3.39. The van der Waals surface area contributed by atoms with Gasteiger partial charge in [0.25, 0.3) is 0 Å². The first kappa shape index (κ1) is 13.4. The van der Waals surface area contributed by atoms with Crippen molar-refractivity contribution in [2.45, 2.75) is 25.8 Å². The smallest absolute Gasteiger partial charge is 0.236 e. The molecule has 1 aliphatic rings. The van der Waals surface area contributed by atoms with Crippen LogP contribution < -0.4 is 9.62 Å². The summed E-state index contributed by atoms with van der Waals surface area (Å²) in [6, 6.07) is 7.64. The van der Waals surface area contributed by atoms with E-state index in [0.717, 1.165) is 30.6 Å². The Hall–Kier alpha value is -1.07. The van der Waals surface area contributed by atoms with Gasteiger partial charge in [-0.2, -0.15) is 0 Å². The molecular formula is C13H20N2O2S. The van der Waals surface area contributed by atoms with Crippen molar-refractivity contribution >= 4 is 15.7 Å². The van der Waals surface area contributed by atoms with Gasteiger partial charge in [0.2, 0.25) is 10.0 Å². The normalized spacial score (nSPS) is 20.0. The molecule has 18 heavy (non-hydrogen) atoms. The monoisotopic (exact) mass is 268 g/mol. The van der Waals surface area contributed by atoms with Crippen molar-refractivity contribution in [2.24, 2.45) is 0 Å². The van der Waals surface area contributed by atoms with Gasteiger partial charge in [-0.3, -0.25) is 4.31 Å². The van der Waals surface area contributed by atoms with Gasteiger partial charge in [0.05, 0.1) is 11.4 Å². The minimum Gasteiger partial charge on any atom is -0.313 e. The second-order valence-corrected chi connectivity index (χ2v) is 6.92. The number of nitrogens with zero attached hydrogens (tertiary/aromatic N) is 1. The summed E-state index contributed by atoms with van der Waals surface area (Å²) in [7, 11) is -1.62. The molecule has 1 aliphatic heterocycles. The van der Waals surface area contributed by atoms with Crippen LogP contribution in [0.4, 0.5) is 5.69 Å². The lowest BCUT2D eigenvalue weighted by atomic mass is 10.2. The molecule has 0 spiro atoms. The molecule has 1 N–H and O–H groups in total. The Kier molecular flexibility index (Phi) is 3.92. The van der Waals surface area contributed by atoms with Crippen molar-refractivity contribution in [1.29, 1.82) is 0 Å². The molecule has 0 saturated carbocycles. The van der Waals surface area contributed by atoms with Gasteiger partial charge < -0.3 is 5.32 Å². The number of aryl methyl sites for hydroxylation is 1. The summed E-state index contributed by atoms with van der Waals surface area (Å²) in [6.07, 6.45) is 2.01. The Morgan fingerprint density at radius 1 is 1.33 bits per heavy atom. The van der Waals surface area contributed by atoms with Crippen LogP contribution in [0.2, 0.25) is 0 Å². The van der Waals surface area contributed by atoms with Crippen molar-refractivity contribution < 1.29 is 8.42 Å². The van der Waals surface area contributed by atoms with E-state index >= 15 is 0 Å². The molecule has 2 rings (SSSR count). The van der Waals surface area contributed by atoms with E-state index < -0.39 is 10.0 Å². The third-order valence-corrected chi connectivity index (χ3v) is 5.26. The van der Waals surface area contributed by atoms with E-state index in [9.17, 15) is 8.42 Å². The molecule has 1 aromatic carbocycles. The summed E-state index contributed by atoms with van der Waals surface area (Å²) in [5.74, 6) is 0.178. The predicted octanol–water partition coefficient (Wildman–Crippen LogP) is 1.51. The Bertz CT molecular complexity index is 490. The van der Waals surface area contributed by atoms with Crippen LogP contribution in [0, 0.1) is 6.92 Å². The van der Waals surface area contributed by atoms with Crippen molar-refractivity contribution in [3.05, 3.63) is 29.8 Å². The van der Waals surface area contributed by atoms with E-state index in [2.05, 4.69) is 5.32 Å². The zero-order valence-corrected chi connectivity index (χ0v) is 11.7. The predicted molar refractivity (Wildman–Crippen MR) is 74.4 cm³/mol. The molecule has 0 aliphatic carbocycles. The summed E-state index contributed by atoms with van der Waals surface area (Å²) in [5.41, 5.74) is 1.85. The summed E-state index contributed by atoms with van der Waals surface area (Å²) < 4.78 is 25.9. The first-order valence-corrected chi connectivity index (χ1v) is 7.86. The maximum absolute atomic E-state index is 12.3. The molecule has 1 unspecified atom stereocenters. The van der Waals surface area contributed by atoms with Gasteiger partial charge in [-0.25, -0.2) is 8.42 Å². The summed E-state index contributed by atoms with van der Waals surface area (Å²) in [6.45, 7) is 2.91. The SMILES string of the molecule is Cc1ccc(N(C)S(=O)(=O)CC2CCCN2)cc1. The van der Waals surface area contributed by atoms with E-state index in [4.69, 9.17) is 0 Å². The molecule has 1 fully saturated rings. The van der Waals surface area contributed by atoms with Crippen molar-refractivity contribution in [2.75, 3.05) is 23.7 Å². The second-order valence-electron chi connectivity index (χ2n) is 4.87. The second kappa shape index (κ2) is 5.28. The molecule has 1 atom stereocenters. The first-order chi connectivity index (χ1) is 8.49. The average Bonchev–Trinajstić information content (AvgIpc) is 2.81. The van der Waals surface area contributed by atoms with E-state index in [1.165, 1.54) is 4.31 Å². The highest BCUT2D eigenvalue weighted by molar-refractivity contribution is 7.92. The number of nitrogens with one attached hydrogen (secondary N) is 1. The highest BCUT2D eigenvalue weighted by Crippen LogP contribution is 2.18. The van der Waals surface area contributed by atoms with E-state index in [-0.39, 0.29) is 11.8 Å². The fourth-order valence-corrected chi connectivity index (χ4v) is 3.64. The lowest BCUT2D eigenvalue weighted by Crippen LogP contribution is -2.37. The number of hydrogen-bond donors (Lipinski definition) is 1. The fourth-order valence-electron chi connectivity index (χ4n) is 2.18. The van der Waals surface area contributed by atoms with Crippen LogP contribution in [0.1, 0.15) is 18.4 Å². The lowest BCUT2D eigenvalue weighted by molar-refractivity contribution is 0.575. The number of hydrogen-bond acceptors (Lipinski definition) is 3. The van der Waals surface area contributed by atoms with Crippen LogP contribution in [0.15, 0.2) is 24.3 Å². The molecule has 1 heterocycles. The van der Waals surface area contributed by atoms with Crippen LogP contribution in [0.25, 0.3) is 0 Å². The highest BCUT2D eigenvalue weighted by Gasteiger charge is 2.25. The fraction of sp³-hybridized carbons (Fsp3) is 0.538. The lowest BCUT2D eigenvalue weighted by Gasteiger charge is -2.21. The first-order valence-electron chi connectivity index (χ1n) is 6.26. The average molecular weight is 268 g/mol. The van der Waals surface area contributed by atoms with E-state index in [1.807, 2.05) is 31.2 Å². The molecule has 1 aromatic rings. The van der Waals surface area contributed by atoms with E-state index in [1.54, 1.807) is 7.05 Å². The summed E-state index contributed by atoms with van der Waals surface area (Å²) in [5, 5.41) is 3.22. The Morgan fingerprint density at radius 2 is 2.00 bits per heavy atom. The Morgan fingerprint density at radius 3 is 2.56 bits per heavy atom.